The first-order valence-electron chi connectivity index (χ1n) is 9.69. The molecule has 0 bridgehead atoms. The Hall–Kier alpha value is -3.56. The third-order valence-electron chi connectivity index (χ3n) is 4.95. The van der Waals surface area contributed by atoms with Gasteiger partial charge in [-0.3, -0.25) is 0 Å². The van der Waals surface area contributed by atoms with E-state index in [-0.39, 0.29) is 6.61 Å². The van der Waals surface area contributed by atoms with E-state index in [0.29, 0.717) is 17.1 Å². The van der Waals surface area contributed by atoms with Gasteiger partial charge in [0.05, 0.1) is 30.6 Å². The molecule has 0 aliphatic heterocycles. The Balaban J connectivity index is 1.55. The number of imidazole rings is 1. The number of rotatable bonds is 6. The molecule has 0 aliphatic carbocycles. The standard InChI is InChI=1S/C25H20BrN3O2/c1-16-3-5-17(6-4-16)25-28-14-22(29-25)18-8-10-23(24(12-18)30-2)31-15-19-7-9-21(26)11-20(19)13-27/h3-12,14H,15H2,1-2H3,(H,28,29). The van der Waals surface area contributed by atoms with Crippen LogP contribution >= 0.6 is 15.9 Å². The number of hydrogen-bond donors (Lipinski definition) is 1. The van der Waals surface area contributed by atoms with Gasteiger partial charge in [-0.2, -0.15) is 5.26 Å². The predicted octanol–water partition coefficient (Wildman–Crippen LogP) is 6.27. The van der Waals surface area contributed by atoms with Crippen molar-refractivity contribution >= 4 is 15.9 Å². The molecule has 1 heterocycles. The first kappa shape index (κ1) is 20.7. The second-order valence-electron chi connectivity index (χ2n) is 7.08. The van der Waals surface area contributed by atoms with Crippen molar-refractivity contribution in [3.05, 3.63) is 88.0 Å². The molecule has 1 N–H and O–H groups in total. The fourth-order valence-corrected chi connectivity index (χ4v) is 3.58. The normalized spacial score (nSPS) is 10.5. The van der Waals surface area contributed by atoms with E-state index in [9.17, 15) is 5.26 Å². The highest BCUT2D eigenvalue weighted by molar-refractivity contribution is 9.10. The monoisotopic (exact) mass is 473 g/mol. The highest BCUT2D eigenvalue weighted by Crippen LogP contribution is 2.33. The number of ether oxygens (including phenoxy) is 2. The number of halogens is 1. The van der Waals surface area contributed by atoms with Crippen LogP contribution in [0.25, 0.3) is 22.6 Å². The summed E-state index contributed by atoms with van der Waals surface area (Å²) in [5.74, 6) is 2.03. The number of benzene rings is 3. The zero-order valence-electron chi connectivity index (χ0n) is 17.1. The molecule has 0 amide bonds. The first-order chi connectivity index (χ1) is 15.1. The van der Waals surface area contributed by atoms with Crippen molar-refractivity contribution in [1.82, 2.24) is 9.97 Å². The van der Waals surface area contributed by atoms with Crippen LogP contribution in [-0.2, 0) is 6.61 Å². The zero-order valence-corrected chi connectivity index (χ0v) is 18.7. The van der Waals surface area contributed by atoms with Gasteiger partial charge in [-0.25, -0.2) is 4.98 Å². The van der Waals surface area contributed by atoms with Gasteiger partial charge in [0.15, 0.2) is 11.5 Å². The lowest BCUT2D eigenvalue weighted by Crippen LogP contribution is -2.00. The second-order valence-corrected chi connectivity index (χ2v) is 7.99. The number of methoxy groups -OCH3 is 1. The molecule has 0 aliphatic rings. The van der Waals surface area contributed by atoms with E-state index in [1.807, 2.05) is 48.7 Å². The number of H-pyrrole nitrogens is 1. The molecule has 4 aromatic rings. The van der Waals surface area contributed by atoms with Crippen LogP contribution in [0.3, 0.4) is 0 Å². The fraction of sp³-hybridized carbons (Fsp3) is 0.120. The van der Waals surface area contributed by atoms with Crippen molar-refractivity contribution in [2.45, 2.75) is 13.5 Å². The Morgan fingerprint density at radius 3 is 2.52 bits per heavy atom. The molecule has 1 aromatic heterocycles. The summed E-state index contributed by atoms with van der Waals surface area (Å²) >= 11 is 3.39. The van der Waals surface area contributed by atoms with E-state index in [2.05, 4.69) is 51.0 Å². The molecular formula is C25H20BrN3O2. The van der Waals surface area contributed by atoms with Crippen molar-refractivity contribution in [1.29, 1.82) is 5.26 Å². The fourth-order valence-electron chi connectivity index (χ4n) is 3.21. The van der Waals surface area contributed by atoms with Gasteiger partial charge in [-0.05, 0) is 37.3 Å². The van der Waals surface area contributed by atoms with Crippen LogP contribution in [0.2, 0.25) is 0 Å². The first-order valence-corrected chi connectivity index (χ1v) is 10.5. The molecule has 0 saturated heterocycles. The molecule has 6 heteroatoms. The van der Waals surface area contributed by atoms with E-state index in [4.69, 9.17) is 9.47 Å². The molecule has 0 atom stereocenters. The maximum atomic E-state index is 9.34. The number of nitrogens with one attached hydrogen (secondary N) is 1. The minimum Gasteiger partial charge on any atom is -0.493 e. The smallest absolute Gasteiger partial charge is 0.161 e. The largest absolute Gasteiger partial charge is 0.493 e. The summed E-state index contributed by atoms with van der Waals surface area (Å²) in [6.45, 7) is 2.33. The Morgan fingerprint density at radius 2 is 1.77 bits per heavy atom. The molecule has 3 aromatic carbocycles. The number of nitrogens with zero attached hydrogens (tertiary/aromatic N) is 2. The summed E-state index contributed by atoms with van der Waals surface area (Å²) in [5.41, 5.74) is 5.46. The van der Waals surface area contributed by atoms with E-state index >= 15 is 0 Å². The van der Waals surface area contributed by atoms with Gasteiger partial charge < -0.3 is 14.5 Å². The van der Waals surface area contributed by atoms with Crippen LogP contribution < -0.4 is 9.47 Å². The third kappa shape index (κ3) is 4.62. The lowest BCUT2D eigenvalue weighted by atomic mass is 10.1. The van der Waals surface area contributed by atoms with Crippen molar-refractivity contribution in [3.63, 3.8) is 0 Å². The Kier molecular flexibility index (Phi) is 6.06. The van der Waals surface area contributed by atoms with E-state index < -0.39 is 0 Å². The topological polar surface area (TPSA) is 70.9 Å². The maximum Gasteiger partial charge on any atom is 0.161 e. The third-order valence-corrected chi connectivity index (χ3v) is 5.44. The zero-order chi connectivity index (χ0) is 21.8. The highest BCUT2D eigenvalue weighted by Gasteiger charge is 2.11. The SMILES string of the molecule is COc1cc(-c2cnc(-c3ccc(C)cc3)[nH]2)ccc1OCc1ccc(Br)cc1C#N. The molecule has 4 rings (SSSR count). The van der Waals surface area contributed by atoms with Crippen LogP contribution in [0.4, 0.5) is 0 Å². The van der Waals surface area contributed by atoms with Crippen LogP contribution in [0.1, 0.15) is 16.7 Å². The van der Waals surface area contributed by atoms with E-state index in [1.54, 1.807) is 13.2 Å². The average Bonchev–Trinajstić information content (AvgIpc) is 3.29. The van der Waals surface area contributed by atoms with Gasteiger partial charge in [-0.1, -0.05) is 51.8 Å². The van der Waals surface area contributed by atoms with Crippen molar-refractivity contribution < 1.29 is 9.47 Å². The highest BCUT2D eigenvalue weighted by atomic mass is 79.9. The van der Waals surface area contributed by atoms with Gasteiger partial charge in [0.25, 0.3) is 0 Å². The average molecular weight is 474 g/mol. The minimum absolute atomic E-state index is 0.271. The number of aromatic nitrogens is 2. The molecule has 31 heavy (non-hydrogen) atoms. The van der Waals surface area contributed by atoms with Crippen molar-refractivity contribution in [3.8, 4) is 40.2 Å². The van der Waals surface area contributed by atoms with E-state index in [1.165, 1.54) is 5.56 Å². The number of hydrogen-bond acceptors (Lipinski definition) is 4. The number of aryl methyl sites for hydroxylation is 1. The molecule has 154 valence electrons. The van der Waals surface area contributed by atoms with Gasteiger partial charge in [0.2, 0.25) is 0 Å². The summed E-state index contributed by atoms with van der Waals surface area (Å²) in [4.78, 5) is 7.88. The summed E-state index contributed by atoms with van der Waals surface area (Å²) < 4.78 is 12.4. The van der Waals surface area contributed by atoms with Crippen LogP contribution in [-0.4, -0.2) is 17.1 Å². The van der Waals surface area contributed by atoms with Crippen molar-refractivity contribution in [2.24, 2.45) is 0 Å². The molecule has 0 fully saturated rings. The summed E-state index contributed by atoms with van der Waals surface area (Å²) in [6, 6.07) is 21.7. The molecule has 5 nitrogen and oxygen atoms in total. The van der Waals surface area contributed by atoms with Gasteiger partial charge in [0.1, 0.15) is 12.4 Å². The van der Waals surface area contributed by atoms with Crippen molar-refractivity contribution in [2.75, 3.05) is 7.11 Å². The predicted molar refractivity (Wildman–Crippen MR) is 124 cm³/mol. The number of aromatic amines is 1. The number of nitriles is 1. The Morgan fingerprint density at radius 1 is 1.00 bits per heavy atom. The minimum atomic E-state index is 0.271. The van der Waals surface area contributed by atoms with Crippen LogP contribution in [0.5, 0.6) is 11.5 Å². The Labute approximate surface area is 189 Å². The summed E-state index contributed by atoms with van der Waals surface area (Å²) in [7, 11) is 1.61. The molecule has 0 spiro atoms. The van der Waals surface area contributed by atoms with E-state index in [0.717, 1.165) is 32.7 Å². The lowest BCUT2D eigenvalue weighted by molar-refractivity contribution is 0.284. The van der Waals surface area contributed by atoms with Gasteiger partial charge >= 0.3 is 0 Å². The van der Waals surface area contributed by atoms with Gasteiger partial charge in [-0.15, -0.1) is 0 Å². The van der Waals surface area contributed by atoms with Crippen LogP contribution in [0.15, 0.2) is 71.3 Å². The summed E-state index contributed by atoms with van der Waals surface area (Å²) in [6.07, 6.45) is 1.81. The van der Waals surface area contributed by atoms with Gasteiger partial charge in [0, 0.05) is 21.2 Å². The molecule has 0 unspecified atom stereocenters. The Bertz CT molecular complexity index is 1260. The maximum absolute atomic E-state index is 9.34. The quantitative estimate of drug-likeness (QED) is 0.357. The summed E-state index contributed by atoms with van der Waals surface area (Å²) in [5, 5.41) is 9.34. The molecular weight excluding hydrogens is 454 g/mol. The second kappa shape index (κ2) is 9.07. The molecule has 0 radical (unpaired) electrons. The van der Waals surface area contributed by atoms with Crippen LogP contribution in [0, 0.1) is 18.3 Å². The lowest BCUT2D eigenvalue weighted by Gasteiger charge is -2.13. The molecule has 0 saturated carbocycles.